The second kappa shape index (κ2) is 10.2. The van der Waals surface area contributed by atoms with Gasteiger partial charge in [-0.1, -0.05) is 20.3 Å². The highest BCUT2D eigenvalue weighted by Gasteiger charge is 2.11. The van der Waals surface area contributed by atoms with Crippen LogP contribution in [0.15, 0.2) is 37.4 Å². The molecule has 0 bridgehead atoms. The van der Waals surface area contributed by atoms with Gasteiger partial charge in [0.25, 0.3) is 0 Å². The largest absolute Gasteiger partial charge is 0.380 e. The Hall–Kier alpha value is -1.66. The third-order valence-corrected chi connectivity index (χ3v) is 3.92. The van der Waals surface area contributed by atoms with E-state index in [4.69, 9.17) is 4.74 Å². The molecule has 2 rings (SSSR count). The minimum atomic E-state index is 0.206. The van der Waals surface area contributed by atoms with Crippen molar-refractivity contribution in [2.75, 3.05) is 26.3 Å². The van der Waals surface area contributed by atoms with Crippen molar-refractivity contribution in [3.8, 4) is 0 Å². The normalized spacial score (nSPS) is 12.8. The van der Waals surface area contributed by atoms with Gasteiger partial charge in [-0.15, -0.1) is 0 Å². The Bertz CT molecular complexity index is 463. The summed E-state index contributed by atoms with van der Waals surface area (Å²) in [5.74, 6) is 0.659. The van der Waals surface area contributed by atoms with Crippen molar-refractivity contribution in [3.63, 3.8) is 0 Å². The maximum absolute atomic E-state index is 5.71. The molecule has 0 fully saturated rings. The van der Waals surface area contributed by atoms with Gasteiger partial charge in [-0.25, -0.2) is 9.97 Å². The van der Waals surface area contributed by atoms with Gasteiger partial charge >= 0.3 is 0 Å². The van der Waals surface area contributed by atoms with Crippen LogP contribution >= 0.6 is 0 Å². The molecule has 0 aliphatic carbocycles. The molecule has 0 saturated carbocycles. The third-order valence-electron chi connectivity index (χ3n) is 3.92. The number of rotatable bonds is 12. The molecule has 1 N–H and O–H groups in total. The molecule has 2 aromatic rings. The first-order valence-corrected chi connectivity index (χ1v) is 8.54. The predicted octanol–water partition coefficient (Wildman–Crippen LogP) is 2.56. The van der Waals surface area contributed by atoms with E-state index in [-0.39, 0.29) is 6.17 Å². The van der Waals surface area contributed by atoms with E-state index in [9.17, 15) is 0 Å². The number of hydrogen-bond donors (Lipinski definition) is 1. The number of ether oxygens (including phenoxy) is 1. The minimum absolute atomic E-state index is 0.206. The van der Waals surface area contributed by atoms with Gasteiger partial charge in [0.2, 0.25) is 0 Å². The van der Waals surface area contributed by atoms with Crippen LogP contribution in [0.25, 0.3) is 0 Å². The SMILES string of the molecule is CCCC(C)COCCNCCC(n1ccnc1)n1ccnc1. The van der Waals surface area contributed by atoms with Crippen molar-refractivity contribution in [1.82, 2.24) is 24.4 Å². The lowest BCUT2D eigenvalue weighted by Crippen LogP contribution is -2.26. The fourth-order valence-corrected chi connectivity index (χ4v) is 2.70. The zero-order valence-electron chi connectivity index (χ0n) is 14.3. The number of hydrogen-bond acceptors (Lipinski definition) is 4. The lowest BCUT2D eigenvalue weighted by atomic mass is 10.1. The van der Waals surface area contributed by atoms with E-state index in [2.05, 4.69) is 38.3 Å². The molecule has 1 atom stereocenters. The van der Waals surface area contributed by atoms with Crippen LogP contribution < -0.4 is 5.32 Å². The average Bonchev–Trinajstić information content (AvgIpc) is 3.23. The van der Waals surface area contributed by atoms with Gasteiger partial charge in [0.05, 0.1) is 19.3 Å². The van der Waals surface area contributed by atoms with Crippen LogP contribution in [0.2, 0.25) is 0 Å². The van der Waals surface area contributed by atoms with E-state index in [1.807, 2.05) is 37.4 Å². The first-order chi connectivity index (χ1) is 11.3. The quantitative estimate of drug-likeness (QED) is 0.611. The van der Waals surface area contributed by atoms with Crippen LogP contribution in [0.4, 0.5) is 0 Å². The molecule has 0 aliphatic heterocycles. The summed E-state index contributed by atoms with van der Waals surface area (Å²) in [5.41, 5.74) is 0. The van der Waals surface area contributed by atoms with Gasteiger partial charge in [0.15, 0.2) is 0 Å². The molecule has 23 heavy (non-hydrogen) atoms. The lowest BCUT2D eigenvalue weighted by molar-refractivity contribution is 0.103. The molecule has 0 saturated heterocycles. The Morgan fingerprint density at radius 1 is 1.04 bits per heavy atom. The second-order valence-corrected chi connectivity index (χ2v) is 6.01. The zero-order chi connectivity index (χ0) is 16.3. The Morgan fingerprint density at radius 2 is 1.74 bits per heavy atom. The van der Waals surface area contributed by atoms with Gasteiger partial charge in [-0.2, -0.15) is 0 Å². The number of aromatic nitrogens is 4. The highest BCUT2D eigenvalue weighted by atomic mass is 16.5. The monoisotopic (exact) mass is 319 g/mol. The molecular formula is C17H29N5O. The summed E-state index contributed by atoms with van der Waals surface area (Å²) < 4.78 is 9.91. The van der Waals surface area contributed by atoms with Crippen molar-refractivity contribution < 1.29 is 4.74 Å². The zero-order valence-corrected chi connectivity index (χ0v) is 14.3. The highest BCUT2D eigenvalue weighted by molar-refractivity contribution is 4.86. The number of nitrogens with zero attached hydrogens (tertiary/aromatic N) is 4. The maximum Gasteiger partial charge on any atom is 0.113 e. The van der Waals surface area contributed by atoms with E-state index < -0.39 is 0 Å². The molecule has 1 unspecified atom stereocenters. The first kappa shape index (κ1) is 17.7. The Balaban J connectivity index is 1.64. The summed E-state index contributed by atoms with van der Waals surface area (Å²) in [5, 5.41) is 3.45. The molecule has 0 radical (unpaired) electrons. The van der Waals surface area contributed by atoms with Crippen LogP contribution in [-0.2, 0) is 4.74 Å². The van der Waals surface area contributed by atoms with Crippen LogP contribution in [-0.4, -0.2) is 45.4 Å². The van der Waals surface area contributed by atoms with E-state index in [0.29, 0.717) is 5.92 Å². The molecule has 6 nitrogen and oxygen atoms in total. The summed E-state index contributed by atoms with van der Waals surface area (Å²) in [4.78, 5) is 8.28. The van der Waals surface area contributed by atoms with Gasteiger partial charge in [0, 0.05) is 37.9 Å². The van der Waals surface area contributed by atoms with E-state index >= 15 is 0 Å². The summed E-state index contributed by atoms with van der Waals surface area (Å²) in [7, 11) is 0. The number of imidazole rings is 2. The molecule has 0 spiro atoms. The summed E-state index contributed by atoms with van der Waals surface area (Å²) in [6, 6.07) is 0. The molecule has 128 valence electrons. The minimum Gasteiger partial charge on any atom is -0.380 e. The van der Waals surface area contributed by atoms with Crippen molar-refractivity contribution in [2.24, 2.45) is 5.92 Å². The fraction of sp³-hybridized carbons (Fsp3) is 0.647. The van der Waals surface area contributed by atoms with Crippen LogP contribution in [0.1, 0.15) is 39.3 Å². The van der Waals surface area contributed by atoms with Gasteiger partial charge in [-0.3, -0.25) is 0 Å². The van der Waals surface area contributed by atoms with Gasteiger partial charge in [-0.05, 0) is 25.3 Å². The van der Waals surface area contributed by atoms with Crippen LogP contribution in [0.3, 0.4) is 0 Å². The van der Waals surface area contributed by atoms with E-state index in [0.717, 1.165) is 32.7 Å². The fourth-order valence-electron chi connectivity index (χ4n) is 2.70. The molecule has 0 amide bonds. The number of nitrogens with one attached hydrogen (secondary N) is 1. The van der Waals surface area contributed by atoms with Crippen LogP contribution in [0.5, 0.6) is 0 Å². The molecule has 0 aliphatic rings. The third kappa shape index (κ3) is 6.15. The molecule has 0 aromatic carbocycles. The topological polar surface area (TPSA) is 56.9 Å². The van der Waals surface area contributed by atoms with E-state index in [1.165, 1.54) is 12.8 Å². The van der Waals surface area contributed by atoms with Crippen molar-refractivity contribution in [3.05, 3.63) is 37.4 Å². The predicted molar refractivity (Wildman–Crippen MR) is 91.3 cm³/mol. The van der Waals surface area contributed by atoms with Crippen molar-refractivity contribution in [2.45, 2.75) is 39.3 Å². The van der Waals surface area contributed by atoms with Crippen molar-refractivity contribution in [1.29, 1.82) is 0 Å². The standard InChI is InChI=1S/C17H29N5O/c1-3-4-16(2)13-23-12-9-18-6-5-17(21-10-7-19-14-21)22-11-8-20-15-22/h7-8,10-11,14-18H,3-6,9,12-13H2,1-2H3. The first-order valence-electron chi connectivity index (χ1n) is 8.54. The second-order valence-electron chi connectivity index (χ2n) is 6.01. The van der Waals surface area contributed by atoms with Gasteiger partial charge < -0.3 is 19.2 Å². The van der Waals surface area contributed by atoms with Crippen LogP contribution in [0, 0.1) is 5.92 Å². The average molecular weight is 319 g/mol. The lowest BCUT2D eigenvalue weighted by Gasteiger charge is -2.20. The Labute approximate surface area is 138 Å². The smallest absolute Gasteiger partial charge is 0.113 e. The Morgan fingerprint density at radius 3 is 2.30 bits per heavy atom. The summed E-state index contributed by atoms with van der Waals surface area (Å²) in [6.45, 7) is 7.91. The maximum atomic E-state index is 5.71. The Kier molecular flexibility index (Phi) is 7.83. The van der Waals surface area contributed by atoms with Crippen molar-refractivity contribution >= 4 is 0 Å². The molecule has 6 heteroatoms. The van der Waals surface area contributed by atoms with Gasteiger partial charge in [0.1, 0.15) is 6.17 Å². The highest BCUT2D eigenvalue weighted by Crippen LogP contribution is 2.13. The molecule has 2 heterocycles. The summed E-state index contributed by atoms with van der Waals surface area (Å²) in [6.07, 6.45) is 14.9. The van der Waals surface area contributed by atoms with E-state index in [1.54, 1.807) is 0 Å². The molecule has 2 aromatic heterocycles. The molecular weight excluding hydrogens is 290 g/mol. The summed E-state index contributed by atoms with van der Waals surface area (Å²) >= 11 is 0.